The van der Waals surface area contributed by atoms with Crippen molar-refractivity contribution in [2.75, 3.05) is 33.4 Å². The lowest BCUT2D eigenvalue weighted by Gasteiger charge is -2.18. The minimum Gasteiger partial charge on any atom is -0.489 e. The van der Waals surface area contributed by atoms with Gasteiger partial charge in [0.05, 0.1) is 19.7 Å². The van der Waals surface area contributed by atoms with Crippen molar-refractivity contribution in [2.24, 2.45) is 4.99 Å². The first-order chi connectivity index (χ1) is 14.1. The number of aromatic nitrogens is 1. The van der Waals surface area contributed by atoms with Crippen LogP contribution in [0.2, 0.25) is 0 Å². The predicted molar refractivity (Wildman–Crippen MR) is 116 cm³/mol. The third-order valence-electron chi connectivity index (χ3n) is 3.98. The highest BCUT2D eigenvalue weighted by Crippen LogP contribution is 2.14. The molecular weight excluding hydrogens is 368 g/mol. The van der Waals surface area contributed by atoms with Crippen molar-refractivity contribution in [3.8, 4) is 11.6 Å². The molecule has 1 aromatic heterocycles. The second-order valence-corrected chi connectivity index (χ2v) is 6.67. The van der Waals surface area contributed by atoms with Crippen molar-refractivity contribution in [2.45, 2.75) is 33.4 Å². The van der Waals surface area contributed by atoms with Gasteiger partial charge in [-0.15, -0.1) is 0 Å². The fourth-order valence-corrected chi connectivity index (χ4v) is 2.53. The molecule has 0 aliphatic carbocycles. The summed E-state index contributed by atoms with van der Waals surface area (Å²) < 4.78 is 16.4. The summed E-state index contributed by atoms with van der Waals surface area (Å²) in [5.41, 5.74) is 2.19. The summed E-state index contributed by atoms with van der Waals surface area (Å²) in [4.78, 5) is 8.91. The Balaban J connectivity index is 1.83. The van der Waals surface area contributed by atoms with Gasteiger partial charge in [-0.1, -0.05) is 18.2 Å². The Bertz CT molecular complexity index is 750. The number of ether oxygens (including phenoxy) is 3. The number of pyridine rings is 1. The van der Waals surface area contributed by atoms with Gasteiger partial charge in [0.25, 0.3) is 0 Å². The summed E-state index contributed by atoms with van der Waals surface area (Å²) >= 11 is 0. The molecule has 0 aliphatic rings. The highest BCUT2D eigenvalue weighted by molar-refractivity contribution is 5.79. The molecule has 0 bridgehead atoms. The summed E-state index contributed by atoms with van der Waals surface area (Å²) in [7, 11) is 1.64. The maximum Gasteiger partial charge on any atom is 0.213 e. The molecule has 2 N–H and O–H groups in total. The Morgan fingerprint density at radius 3 is 2.72 bits per heavy atom. The number of methoxy groups -OCH3 is 1. The molecule has 0 fully saturated rings. The number of aliphatic imine (C=N–C) groups is 1. The number of hydrogen-bond donors (Lipinski definition) is 2. The molecule has 158 valence electrons. The van der Waals surface area contributed by atoms with Gasteiger partial charge in [-0.3, -0.25) is 0 Å². The quantitative estimate of drug-likeness (QED) is 0.343. The van der Waals surface area contributed by atoms with Gasteiger partial charge in [-0.25, -0.2) is 9.98 Å². The van der Waals surface area contributed by atoms with Crippen molar-refractivity contribution >= 4 is 5.96 Å². The van der Waals surface area contributed by atoms with Gasteiger partial charge in [-0.2, -0.15) is 0 Å². The van der Waals surface area contributed by atoms with Crippen LogP contribution < -0.4 is 20.1 Å². The highest BCUT2D eigenvalue weighted by atomic mass is 16.5. The van der Waals surface area contributed by atoms with Crippen LogP contribution in [0.5, 0.6) is 11.6 Å². The zero-order valence-corrected chi connectivity index (χ0v) is 17.8. The molecule has 0 amide bonds. The molecule has 1 heterocycles. The first-order valence-electron chi connectivity index (χ1n) is 9.93. The summed E-state index contributed by atoms with van der Waals surface area (Å²) in [5, 5.41) is 6.58. The zero-order chi connectivity index (χ0) is 20.9. The monoisotopic (exact) mass is 400 g/mol. The standard InChI is InChI=1S/C22H32N4O3/c1-5-23-22(25-14-18(3)29-20-8-6-7-17(2)13-20)26-16-19-9-10-21(24-15-19)28-12-11-27-4/h6-10,13,15,18H,5,11-12,14,16H2,1-4H3,(H2,23,25,26). The van der Waals surface area contributed by atoms with Crippen molar-refractivity contribution in [3.63, 3.8) is 0 Å². The Labute approximate surface area is 173 Å². The van der Waals surface area contributed by atoms with Crippen LogP contribution in [-0.4, -0.2) is 50.5 Å². The van der Waals surface area contributed by atoms with E-state index >= 15 is 0 Å². The van der Waals surface area contributed by atoms with E-state index in [9.17, 15) is 0 Å². The third-order valence-corrected chi connectivity index (χ3v) is 3.98. The van der Waals surface area contributed by atoms with E-state index in [1.807, 2.05) is 44.2 Å². The lowest BCUT2D eigenvalue weighted by Crippen LogP contribution is -2.41. The topological polar surface area (TPSA) is 77.0 Å². The molecule has 0 saturated heterocycles. The highest BCUT2D eigenvalue weighted by Gasteiger charge is 2.06. The maximum absolute atomic E-state index is 5.96. The van der Waals surface area contributed by atoms with Crippen molar-refractivity contribution in [3.05, 3.63) is 53.7 Å². The molecular formula is C22H32N4O3. The number of aryl methyl sites for hydroxylation is 1. The normalized spacial score (nSPS) is 12.3. The molecule has 1 atom stereocenters. The van der Waals surface area contributed by atoms with Crippen molar-refractivity contribution in [1.29, 1.82) is 0 Å². The van der Waals surface area contributed by atoms with Crippen LogP contribution in [-0.2, 0) is 11.3 Å². The Hall–Kier alpha value is -2.80. The molecule has 7 nitrogen and oxygen atoms in total. The van der Waals surface area contributed by atoms with Crippen LogP contribution >= 0.6 is 0 Å². The van der Waals surface area contributed by atoms with E-state index in [4.69, 9.17) is 14.2 Å². The predicted octanol–water partition coefficient (Wildman–Crippen LogP) is 2.94. The largest absolute Gasteiger partial charge is 0.489 e. The lowest BCUT2D eigenvalue weighted by atomic mass is 10.2. The molecule has 0 radical (unpaired) electrons. The number of rotatable bonds is 11. The van der Waals surface area contributed by atoms with E-state index in [-0.39, 0.29) is 6.10 Å². The number of benzene rings is 1. The van der Waals surface area contributed by atoms with E-state index in [1.54, 1.807) is 13.3 Å². The van der Waals surface area contributed by atoms with Gasteiger partial charge in [-0.05, 0) is 44.0 Å². The van der Waals surface area contributed by atoms with E-state index < -0.39 is 0 Å². The molecule has 0 spiro atoms. The average molecular weight is 401 g/mol. The first kappa shape index (κ1) is 22.5. The molecule has 7 heteroatoms. The number of guanidine groups is 1. The van der Waals surface area contributed by atoms with Gasteiger partial charge in [0.1, 0.15) is 18.5 Å². The van der Waals surface area contributed by atoms with Crippen LogP contribution in [0.3, 0.4) is 0 Å². The van der Waals surface area contributed by atoms with Gasteiger partial charge in [0.15, 0.2) is 5.96 Å². The zero-order valence-electron chi connectivity index (χ0n) is 17.8. The van der Waals surface area contributed by atoms with Crippen LogP contribution in [0.15, 0.2) is 47.6 Å². The fourth-order valence-electron chi connectivity index (χ4n) is 2.53. The molecule has 0 saturated carbocycles. The van der Waals surface area contributed by atoms with Gasteiger partial charge >= 0.3 is 0 Å². The van der Waals surface area contributed by atoms with Crippen LogP contribution in [0.4, 0.5) is 0 Å². The molecule has 1 unspecified atom stereocenters. The van der Waals surface area contributed by atoms with Crippen LogP contribution in [0.25, 0.3) is 0 Å². The SMILES string of the molecule is CCNC(=NCc1ccc(OCCOC)nc1)NCC(C)Oc1cccc(C)c1. The van der Waals surface area contributed by atoms with E-state index in [0.717, 1.165) is 23.8 Å². The second-order valence-electron chi connectivity index (χ2n) is 6.67. The van der Waals surface area contributed by atoms with Crippen LogP contribution in [0, 0.1) is 6.92 Å². The van der Waals surface area contributed by atoms with E-state index in [0.29, 0.717) is 32.2 Å². The van der Waals surface area contributed by atoms with Gasteiger partial charge in [0.2, 0.25) is 5.88 Å². The summed E-state index contributed by atoms with van der Waals surface area (Å²) in [6, 6.07) is 11.9. The summed E-state index contributed by atoms with van der Waals surface area (Å²) in [6.45, 7) is 9.10. The average Bonchev–Trinajstić information content (AvgIpc) is 2.71. The second kappa shape index (κ2) is 12.6. The summed E-state index contributed by atoms with van der Waals surface area (Å²) in [5.74, 6) is 2.20. The fraction of sp³-hybridized carbons (Fsp3) is 0.455. The molecule has 29 heavy (non-hydrogen) atoms. The minimum atomic E-state index is 0.00542. The summed E-state index contributed by atoms with van der Waals surface area (Å²) in [6.07, 6.45) is 1.78. The lowest BCUT2D eigenvalue weighted by molar-refractivity contribution is 0.143. The Morgan fingerprint density at radius 2 is 2.03 bits per heavy atom. The van der Waals surface area contributed by atoms with Crippen molar-refractivity contribution in [1.82, 2.24) is 15.6 Å². The van der Waals surface area contributed by atoms with Gasteiger partial charge < -0.3 is 24.8 Å². The Morgan fingerprint density at radius 1 is 1.17 bits per heavy atom. The maximum atomic E-state index is 5.96. The minimum absolute atomic E-state index is 0.00542. The number of nitrogens with zero attached hydrogens (tertiary/aromatic N) is 2. The molecule has 2 aromatic rings. The first-order valence-corrected chi connectivity index (χ1v) is 9.93. The number of nitrogens with one attached hydrogen (secondary N) is 2. The number of hydrogen-bond acceptors (Lipinski definition) is 5. The van der Waals surface area contributed by atoms with E-state index in [2.05, 4.69) is 33.6 Å². The Kier molecular flexibility index (Phi) is 9.78. The van der Waals surface area contributed by atoms with Crippen molar-refractivity contribution < 1.29 is 14.2 Å². The third kappa shape index (κ3) is 8.83. The molecule has 2 rings (SSSR count). The smallest absolute Gasteiger partial charge is 0.213 e. The molecule has 1 aromatic carbocycles. The van der Waals surface area contributed by atoms with E-state index in [1.165, 1.54) is 5.56 Å². The van der Waals surface area contributed by atoms with Gasteiger partial charge in [0, 0.05) is 25.9 Å². The van der Waals surface area contributed by atoms with Crippen LogP contribution in [0.1, 0.15) is 25.0 Å². The molecule has 0 aliphatic heterocycles.